The summed E-state index contributed by atoms with van der Waals surface area (Å²) in [6, 6.07) is 19.6. The molecule has 1 aliphatic heterocycles. The van der Waals surface area contributed by atoms with E-state index in [1.807, 2.05) is 18.2 Å². The minimum absolute atomic E-state index is 0.0835. The predicted octanol–water partition coefficient (Wildman–Crippen LogP) is 6.19. The number of nitrogens with zero attached hydrogens (tertiary/aromatic N) is 2. The fraction of sp³-hybridized carbons (Fsp3) is 0.133. The summed E-state index contributed by atoms with van der Waals surface area (Å²) in [5.74, 6) is -2.48. The molecule has 2 heterocycles. The summed E-state index contributed by atoms with van der Waals surface area (Å²) >= 11 is 0.910. The van der Waals surface area contributed by atoms with Crippen molar-refractivity contribution < 1.29 is 33.4 Å². The number of ketones is 1. The molecule has 1 aliphatic rings. The highest BCUT2D eigenvalue weighted by molar-refractivity contribution is 7.17. The molecule has 8 nitrogen and oxygen atoms in total. The summed E-state index contributed by atoms with van der Waals surface area (Å²) < 4.78 is 24.7. The summed E-state index contributed by atoms with van der Waals surface area (Å²) in [5.41, 5.74) is 0.725. The number of rotatable bonds is 7. The smallest absolute Gasteiger partial charge is 0.350 e. The lowest BCUT2D eigenvalue weighted by atomic mass is 9.95. The van der Waals surface area contributed by atoms with Gasteiger partial charge >= 0.3 is 11.9 Å². The van der Waals surface area contributed by atoms with Gasteiger partial charge in [0.15, 0.2) is 5.13 Å². The molecule has 0 spiro atoms. The molecular weight excluding hydrogens is 535 g/mol. The minimum Gasteiger partial charge on any atom is -0.507 e. The molecule has 1 atom stereocenters. The van der Waals surface area contributed by atoms with Crippen LogP contribution in [0.2, 0.25) is 0 Å². The number of thiazole rings is 1. The monoisotopic (exact) mass is 558 g/mol. The van der Waals surface area contributed by atoms with Crippen LogP contribution in [0.25, 0.3) is 5.76 Å². The van der Waals surface area contributed by atoms with Gasteiger partial charge in [0.25, 0.3) is 5.78 Å². The van der Waals surface area contributed by atoms with E-state index in [1.54, 1.807) is 50.2 Å². The zero-order chi connectivity index (χ0) is 28.4. The first kappa shape index (κ1) is 26.8. The average molecular weight is 559 g/mol. The Bertz CT molecular complexity index is 1630. The van der Waals surface area contributed by atoms with Crippen molar-refractivity contribution in [3.63, 3.8) is 0 Å². The van der Waals surface area contributed by atoms with E-state index in [2.05, 4.69) is 4.98 Å². The van der Waals surface area contributed by atoms with Gasteiger partial charge in [0, 0.05) is 5.56 Å². The molecular formula is C30H23FN2O6S. The molecule has 5 rings (SSSR count). The molecule has 1 N–H and O–H groups in total. The average Bonchev–Trinajstić information content (AvgIpc) is 3.46. The maximum atomic E-state index is 13.6. The lowest BCUT2D eigenvalue weighted by Crippen LogP contribution is -2.29. The molecule has 10 heteroatoms. The molecule has 3 aromatic carbocycles. The summed E-state index contributed by atoms with van der Waals surface area (Å²) in [6.45, 7) is 3.43. The summed E-state index contributed by atoms with van der Waals surface area (Å²) in [5, 5.41) is 11.3. The van der Waals surface area contributed by atoms with Gasteiger partial charge in [-0.1, -0.05) is 41.7 Å². The van der Waals surface area contributed by atoms with Crippen LogP contribution in [0, 0.1) is 12.7 Å². The van der Waals surface area contributed by atoms with Gasteiger partial charge in [-0.25, -0.2) is 14.2 Å². The van der Waals surface area contributed by atoms with E-state index in [1.165, 1.54) is 12.1 Å². The van der Waals surface area contributed by atoms with E-state index in [9.17, 15) is 23.9 Å². The second-order valence-corrected chi connectivity index (χ2v) is 9.77. The number of amides is 1. The van der Waals surface area contributed by atoms with Crippen LogP contribution in [0.15, 0.2) is 84.4 Å². The Morgan fingerprint density at radius 3 is 2.42 bits per heavy atom. The standard InChI is InChI=1S/C30H23FN2O6S/c1-3-38-29(37)27-17(2)32-30(40-27)33-24(19-8-7-11-22(16-19)39-21-9-5-4-6-10-21)23(26(35)28(33)36)25(34)18-12-14-20(31)15-13-18/h4-16,24,34H,3H2,1-2H3/t24-/m1/s1. The predicted molar refractivity (Wildman–Crippen MR) is 147 cm³/mol. The first-order valence-electron chi connectivity index (χ1n) is 12.3. The number of aliphatic hydroxyl groups is 1. The highest BCUT2D eigenvalue weighted by atomic mass is 32.1. The topological polar surface area (TPSA) is 106 Å². The number of halogens is 1. The number of carbonyl (C=O) groups excluding carboxylic acids is 3. The second kappa shape index (κ2) is 11.1. The lowest BCUT2D eigenvalue weighted by Gasteiger charge is -2.23. The Kier molecular flexibility index (Phi) is 7.43. The Labute approximate surface area is 232 Å². The highest BCUT2D eigenvalue weighted by Crippen LogP contribution is 2.44. The molecule has 0 aliphatic carbocycles. The maximum absolute atomic E-state index is 13.6. The number of carbonyl (C=O) groups is 3. The minimum atomic E-state index is -1.12. The zero-order valence-electron chi connectivity index (χ0n) is 21.5. The van der Waals surface area contributed by atoms with E-state index in [0.717, 1.165) is 28.4 Å². The van der Waals surface area contributed by atoms with Crippen LogP contribution in [0.1, 0.15) is 39.5 Å². The van der Waals surface area contributed by atoms with Crippen LogP contribution in [-0.2, 0) is 14.3 Å². The van der Waals surface area contributed by atoms with Gasteiger partial charge in [0.05, 0.1) is 23.9 Å². The molecule has 4 aromatic rings. The molecule has 0 unspecified atom stereocenters. The summed E-state index contributed by atoms with van der Waals surface area (Å²) in [4.78, 5) is 45.1. The van der Waals surface area contributed by atoms with Crippen molar-refractivity contribution in [3.05, 3.63) is 112 Å². The van der Waals surface area contributed by atoms with E-state index in [-0.39, 0.29) is 27.8 Å². The summed E-state index contributed by atoms with van der Waals surface area (Å²) in [6.07, 6.45) is 0. The molecule has 0 saturated carbocycles. The third-order valence-corrected chi connectivity index (χ3v) is 7.30. The number of benzene rings is 3. The van der Waals surface area contributed by atoms with E-state index in [0.29, 0.717) is 22.8 Å². The number of ether oxygens (including phenoxy) is 2. The number of aliphatic hydroxyl groups excluding tert-OH is 1. The Morgan fingerprint density at radius 2 is 1.73 bits per heavy atom. The number of esters is 1. The number of Topliss-reactive ketones (excluding diaryl/α,β-unsaturated/α-hetero) is 1. The fourth-order valence-electron chi connectivity index (χ4n) is 4.35. The van der Waals surface area contributed by atoms with Crippen LogP contribution in [0.3, 0.4) is 0 Å². The Balaban J connectivity index is 1.66. The van der Waals surface area contributed by atoms with Crippen molar-refractivity contribution in [2.45, 2.75) is 19.9 Å². The van der Waals surface area contributed by atoms with Gasteiger partial charge in [0.2, 0.25) is 0 Å². The maximum Gasteiger partial charge on any atom is 0.350 e. The van der Waals surface area contributed by atoms with Crippen molar-refractivity contribution >= 4 is 39.9 Å². The number of para-hydroxylation sites is 1. The lowest BCUT2D eigenvalue weighted by molar-refractivity contribution is -0.132. The number of aromatic nitrogens is 1. The molecule has 1 saturated heterocycles. The van der Waals surface area contributed by atoms with Gasteiger partial charge < -0.3 is 14.6 Å². The zero-order valence-corrected chi connectivity index (χ0v) is 22.3. The van der Waals surface area contributed by atoms with Crippen molar-refractivity contribution in [1.82, 2.24) is 4.98 Å². The van der Waals surface area contributed by atoms with Crippen molar-refractivity contribution in [2.75, 3.05) is 11.5 Å². The normalized spacial score (nSPS) is 16.3. The van der Waals surface area contributed by atoms with E-state index < -0.39 is 35.3 Å². The molecule has 1 amide bonds. The number of aryl methyl sites for hydroxylation is 1. The van der Waals surface area contributed by atoms with Gasteiger partial charge in [-0.15, -0.1) is 0 Å². The van der Waals surface area contributed by atoms with Gasteiger partial charge in [-0.2, -0.15) is 0 Å². The van der Waals surface area contributed by atoms with Crippen LogP contribution in [0.5, 0.6) is 11.5 Å². The quantitative estimate of drug-likeness (QED) is 0.125. The number of hydrogen-bond donors (Lipinski definition) is 1. The molecule has 0 bridgehead atoms. The number of anilines is 1. The van der Waals surface area contributed by atoms with E-state index >= 15 is 0 Å². The molecule has 1 aromatic heterocycles. The number of hydrogen-bond acceptors (Lipinski definition) is 8. The fourth-order valence-corrected chi connectivity index (χ4v) is 5.34. The third-order valence-electron chi connectivity index (χ3n) is 6.17. The second-order valence-electron chi connectivity index (χ2n) is 8.80. The Hall–Kier alpha value is -4.83. The largest absolute Gasteiger partial charge is 0.507 e. The third kappa shape index (κ3) is 5.08. The molecule has 1 fully saturated rings. The van der Waals surface area contributed by atoms with Crippen LogP contribution < -0.4 is 9.64 Å². The Morgan fingerprint density at radius 1 is 1.02 bits per heavy atom. The van der Waals surface area contributed by atoms with Crippen LogP contribution >= 0.6 is 11.3 Å². The van der Waals surface area contributed by atoms with Crippen molar-refractivity contribution in [2.24, 2.45) is 0 Å². The van der Waals surface area contributed by atoms with E-state index in [4.69, 9.17) is 9.47 Å². The van der Waals surface area contributed by atoms with Gasteiger partial charge in [-0.05, 0) is 67.9 Å². The molecule has 0 radical (unpaired) electrons. The molecule has 202 valence electrons. The van der Waals surface area contributed by atoms with Crippen LogP contribution in [-0.4, -0.2) is 34.4 Å². The first-order valence-corrected chi connectivity index (χ1v) is 13.1. The van der Waals surface area contributed by atoms with Gasteiger partial charge in [0.1, 0.15) is 28.0 Å². The SMILES string of the molecule is CCOC(=O)c1sc(N2C(=O)C(=O)C(=C(O)c3ccc(F)cc3)[C@H]2c2cccc(Oc3ccccc3)c2)nc1C. The van der Waals surface area contributed by atoms with Crippen LogP contribution in [0.4, 0.5) is 9.52 Å². The highest BCUT2D eigenvalue weighted by Gasteiger charge is 2.48. The molecule has 40 heavy (non-hydrogen) atoms. The summed E-state index contributed by atoms with van der Waals surface area (Å²) in [7, 11) is 0. The van der Waals surface area contributed by atoms with Crippen molar-refractivity contribution in [1.29, 1.82) is 0 Å². The van der Waals surface area contributed by atoms with Gasteiger partial charge in [-0.3, -0.25) is 14.5 Å². The van der Waals surface area contributed by atoms with Crippen molar-refractivity contribution in [3.8, 4) is 11.5 Å². The first-order chi connectivity index (χ1) is 19.3.